The number of nitrogens with zero attached hydrogens (tertiary/aromatic N) is 3. The lowest BCUT2D eigenvalue weighted by molar-refractivity contribution is -0.135. The molecule has 1 aromatic carbocycles. The fraction of sp³-hybridized carbons (Fsp3) is 0.556. The lowest BCUT2D eigenvalue weighted by Gasteiger charge is -2.22. The summed E-state index contributed by atoms with van der Waals surface area (Å²) in [4.78, 5) is 30.3. The second-order valence-electron chi connectivity index (χ2n) is 6.58. The van der Waals surface area contributed by atoms with Crippen LogP contribution in [0, 0.1) is 5.92 Å². The Balaban J connectivity index is 1.84. The number of rotatable bonds is 7. The van der Waals surface area contributed by atoms with Crippen LogP contribution in [0.5, 0.6) is 0 Å². The van der Waals surface area contributed by atoms with Gasteiger partial charge in [0.05, 0.1) is 5.92 Å². The van der Waals surface area contributed by atoms with Gasteiger partial charge < -0.3 is 14.7 Å². The van der Waals surface area contributed by atoms with E-state index in [2.05, 4.69) is 4.90 Å². The topological polar surface area (TPSA) is 43.9 Å². The molecular formula is C18H27N3O2. The molecular weight excluding hydrogens is 290 g/mol. The molecule has 0 aromatic heterocycles. The average molecular weight is 317 g/mol. The standard InChI is InChI=1S/C18H27N3O2/c1-19(2)10-7-11-21-14-16(12-17(21)22)18(23)20(3)13-15-8-5-4-6-9-15/h4-6,8-9,16H,7,10-14H2,1-3H3. The molecule has 1 atom stereocenters. The molecule has 0 N–H and O–H groups in total. The van der Waals surface area contributed by atoms with Crippen molar-refractivity contribution in [2.24, 2.45) is 5.92 Å². The highest BCUT2D eigenvalue weighted by molar-refractivity contribution is 5.89. The third-order valence-corrected chi connectivity index (χ3v) is 4.24. The first kappa shape index (κ1) is 17.5. The Morgan fingerprint density at radius 3 is 2.57 bits per heavy atom. The molecule has 0 radical (unpaired) electrons. The summed E-state index contributed by atoms with van der Waals surface area (Å²) in [6, 6.07) is 9.93. The molecule has 2 amide bonds. The summed E-state index contributed by atoms with van der Waals surface area (Å²) in [6.45, 7) is 2.84. The average Bonchev–Trinajstić information content (AvgIpc) is 2.88. The van der Waals surface area contributed by atoms with Crippen LogP contribution in [0.1, 0.15) is 18.4 Å². The van der Waals surface area contributed by atoms with Crippen LogP contribution in [0.4, 0.5) is 0 Å². The monoisotopic (exact) mass is 317 g/mol. The van der Waals surface area contributed by atoms with Crippen molar-refractivity contribution < 1.29 is 9.59 Å². The van der Waals surface area contributed by atoms with Crippen LogP contribution in [-0.4, -0.2) is 67.3 Å². The zero-order chi connectivity index (χ0) is 16.8. The second kappa shape index (κ2) is 8.11. The van der Waals surface area contributed by atoms with Crippen LogP contribution < -0.4 is 0 Å². The van der Waals surface area contributed by atoms with Gasteiger partial charge in [0.25, 0.3) is 0 Å². The highest BCUT2D eigenvalue weighted by Gasteiger charge is 2.35. The molecule has 1 aliphatic heterocycles. The minimum atomic E-state index is -0.199. The normalized spacial score (nSPS) is 17.8. The van der Waals surface area contributed by atoms with E-state index in [1.54, 1.807) is 4.90 Å². The van der Waals surface area contributed by atoms with Crippen LogP contribution in [0.25, 0.3) is 0 Å². The van der Waals surface area contributed by atoms with E-state index < -0.39 is 0 Å². The Bertz CT molecular complexity index is 530. The molecule has 1 heterocycles. The van der Waals surface area contributed by atoms with Gasteiger partial charge in [-0.2, -0.15) is 0 Å². The van der Waals surface area contributed by atoms with E-state index in [4.69, 9.17) is 0 Å². The molecule has 0 spiro atoms. The first-order valence-corrected chi connectivity index (χ1v) is 8.18. The van der Waals surface area contributed by atoms with Crippen molar-refractivity contribution >= 4 is 11.8 Å². The van der Waals surface area contributed by atoms with E-state index in [1.165, 1.54) is 0 Å². The predicted octanol–water partition coefficient (Wildman–Crippen LogP) is 1.45. The van der Waals surface area contributed by atoms with Gasteiger partial charge in [0.1, 0.15) is 0 Å². The molecule has 0 aliphatic carbocycles. The number of likely N-dealkylation sites (tertiary alicyclic amines) is 1. The molecule has 1 fully saturated rings. The van der Waals surface area contributed by atoms with Crippen molar-refractivity contribution in [3.05, 3.63) is 35.9 Å². The van der Waals surface area contributed by atoms with Crippen molar-refractivity contribution in [3.8, 4) is 0 Å². The Morgan fingerprint density at radius 2 is 1.91 bits per heavy atom. The van der Waals surface area contributed by atoms with Gasteiger partial charge in [-0.1, -0.05) is 30.3 Å². The van der Waals surface area contributed by atoms with Gasteiger partial charge in [0, 0.05) is 33.1 Å². The molecule has 5 heteroatoms. The summed E-state index contributed by atoms with van der Waals surface area (Å²) in [7, 11) is 5.86. The predicted molar refractivity (Wildman–Crippen MR) is 90.8 cm³/mol. The van der Waals surface area contributed by atoms with Crippen LogP contribution in [0.2, 0.25) is 0 Å². The maximum atomic E-state index is 12.6. The van der Waals surface area contributed by atoms with E-state index in [-0.39, 0.29) is 17.7 Å². The van der Waals surface area contributed by atoms with Crippen molar-refractivity contribution in [1.29, 1.82) is 0 Å². The van der Waals surface area contributed by atoms with E-state index in [0.717, 1.165) is 25.1 Å². The van der Waals surface area contributed by atoms with Crippen LogP contribution in [0.3, 0.4) is 0 Å². The number of benzene rings is 1. The van der Waals surface area contributed by atoms with Crippen LogP contribution in [-0.2, 0) is 16.1 Å². The van der Waals surface area contributed by atoms with Crippen LogP contribution >= 0.6 is 0 Å². The molecule has 1 unspecified atom stereocenters. The highest BCUT2D eigenvalue weighted by atomic mass is 16.2. The maximum absolute atomic E-state index is 12.6. The lowest BCUT2D eigenvalue weighted by Crippen LogP contribution is -2.34. The van der Waals surface area contributed by atoms with Crippen molar-refractivity contribution in [3.63, 3.8) is 0 Å². The van der Waals surface area contributed by atoms with Gasteiger partial charge in [0.2, 0.25) is 11.8 Å². The largest absolute Gasteiger partial charge is 0.342 e. The molecule has 1 aromatic rings. The lowest BCUT2D eigenvalue weighted by atomic mass is 10.1. The second-order valence-corrected chi connectivity index (χ2v) is 6.58. The molecule has 23 heavy (non-hydrogen) atoms. The number of amides is 2. The first-order chi connectivity index (χ1) is 11.0. The van der Waals surface area contributed by atoms with Crippen molar-refractivity contribution in [2.45, 2.75) is 19.4 Å². The summed E-state index contributed by atoms with van der Waals surface area (Å²) in [5, 5.41) is 0. The minimum absolute atomic E-state index is 0.0670. The third-order valence-electron chi connectivity index (χ3n) is 4.24. The smallest absolute Gasteiger partial charge is 0.228 e. The summed E-state index contributed by atoms with van der Waals surface area (Å²) in [5.74, 6) is -0.0249. The first-order valence-electron chi connectivity index (χ1n) is 8.18. The molecule has 1 aliphatic rings. The summed E-state index contributed by atoms with van der Waals surface area (Å²) >= 11 is 0. The fourth-order valence-corrected chi connectivity index (χ4v) is 2.98. The molecule has 0 saturated carbocycles. The molecule has 126 valence electrons. The van der Waals surface area contributed by atoms with E-state index in [9.17, 15) is 9.59 Å². The van der Waals surface area contributed by atoms with E-state index >= 15 is 0 Å². The molecule has 5 nitrogen and oxygen atoms in total. The Hall–Kier alpha value is -1.88. The highest BCUT2D eigenvalue weighted by Crippen LogP contribution is 2.20. The van der Waals surface area contributed by atoms with E-state index in [1.807, 2.05) is 56.4 Å². The number of hydrogen-bond donors (Lipinski definition) is 0. The maximum Gasteiger partial charge on any atom is 0.228 e. The van der Waals surface area contributed by atoms with Gasteiger partial charge >= 0.3 is 0 Å². The SMILES string of the molecule is CN(C)CCCN1CC(C(=O)N(C)Cc2ccccc2)CC1=O. The van der Waals surface area contributed by atoms with Gasteiger partial charge in [0.15, 0.2) is 0 Å². The van der Waals surface area contributed by atoms with Crippen LogP contribution in [0.15, 0.2) is 30.3 Å². The van der Waals surface area contributed by atoms with Crippen molar-refractivity contribution in [1.82, 2.24) is 14.7 Å². The fourth-order valence-electron chi connectivity index (χ4n) is 2.98. The quantitative estimate of drug-likeness (QED) is 0.764. The zero-order valence-electron chi connectivity index (χ0n) is 14.4. The number of hydrogen-bond acceptors (Lipinski definition) is 3. The Kier molecular flexibility index (Phi) is 6.16. The van der Waals surface area contributed by atoms with Gasteiger partial charge in [-0.05, 0) is 32.6 Å². The summed E-state index contributed by atoms with van der Waals surface area (Å²) in [5.41, 5.74) is 1.11. The van der Waals surface area contributed by atoms with Crippen molar-refractivity contribution in [2.75, 3.05) is 40.8 Å². The van der Waals surface area contributed by atoms with Gasteiger partial charge in [-0.3, -0.25) is 9.59 Å². The zero-order valence-corrected chi connectivity index (χ0v) is 14.4. The van der Waals surface area contributed by atoms with Gasteiger partial charge in [-0.15, -0.1) is 0 Å². The van der Waals surface area contributed by atoms with E-state index in [0.29, 0.717) is 19.5 Å². The Morgan fingerprint density at radius 1 is 1.22 bits per heavy atom. The van der Waals surface area contributed by atoms with Gasteiger partial charge in [-0.25, -0.2) is 0 Å². The summed E-state index contributed by atoms with van der Waals surface area (Å²) < 4.78 is 0. The summed E-state index contributed by atoms with van der Waals surface area (Å²) in [6.07, 6.45) is 1.29. The molecule has 2 rings (SSSR count). The number of carbonyl (C=O) groups excluding carboxylic acids is 2. The third kappa shape index (κ3) is 5.06. The molecule has 1 saturated heterocycles. The molecule has 0 bridgehead atoms. The number of carbonyl (C=O) groups is 2. The Labute approximate surface area is 138 Å². The minimum Gasteiger partial charge on any atom is -0.342 e.